The fraction of sp³-hybridized carbons (Fsp3) is 0.0526. The molecule has 4 aromatic rings. The van der Waals surface area contributed by atoms with Gasteiger partial charge in [0.25, 0.3) is 0 Å². The molecule has 0 amide bonds. The van der Waals surface area contributed by atoms with Crippen LogP contribution in [0.25, 0.3) is 22.3 Å². The van der Waals surface area contributed by atoms with E-state index in [-0.39, 0.29) is 0 Å². The zero-order chi connectivity index (χ0) is 17.2. The van der Waals surface area contributed by atoms with E-state index >= 15 is 0 Å². The zero-order valence-corrected chi connectivity index (χ0v) is 13.0. The third kappa shape index (κ3) is 2.52. The number of rotatable bonds is 3. The Balaban J connectivity index is 1.93. The summed E-state index contributed by atoms with van der Waals surface area (Å²) in [5.41, 5.74) is 2.84. The third-order valence-corrected chi connectivity index (χ3v) is 4.02. The topological polar surface area (TPSA) is 91.4 Å². The molecule has 0 aliphatic carbocycles. The van der Waals surface area contributed by atoms with E-state index in [1.807, 2.05) is 30.3 Å². The Hall–Kier alpha value is -3.90. The number of benzene rings is 2. The summed E-state index contributed by atoms with van der Waals surface area (Å²) in [6.45, 7) is 0.439. The number of furan rings is 1. The van der Waals surface area contributed by atoms with Crippen LogP contribution >= 0.6 is 0 Å². The van der Waals surface area contributed by atoms with Gasteiger partial charge in [-0.15, -0.1) is 10.2 Å². The van der Waals surface area contributed by atoms with Crippen molar-refractivity contribution in [1.29, 1.82) is 10.5 Å². The summed E-state index contributed by atoms with van der Waals surface area (Å²) in [5, 5.41) is 27.7. The first-order chi connectivity index (χ1) is 12.3. The van der Waals surface area contributed by atoms with Gasteiger partial charge < -0.3 is 8.98 Å². The lowest BCUT2D eigenvalue weighted by Gasteiger charge is -2.10. The molecule has 118 valence electrons. The van der Waals surface area contributed by atoms with Gasteiger partial charge in [0.05, 0.1) is 29.3 Å². The van der Waals surface area contributed by atoms with Crippen molar-refractivity contribution in [3.8, 4) is 23.5 Å². The minimum Gasteiger partial charge on any atom is -0.456 e. The fourth-order valence-electron chi connectivity index (χ4n) is 2.86. The first kappa shape index (κ1) is 14.7. The molecule has 0 fully saturated rings. The minimum absolute atomic E-state index is 0.406. The summed E-state index contributed by atoms with van der Waals surface area (Å²) in [7, 11) is 0. The fourth-order valence-corrected chi connectivity index (χ4v) is 2.86. The van der Waals surface area contributed by atoms with Gasteiger partial charge >= 0.3 is 0 Å². The second kappa shape index (κ2) is 5.95. The smallest absolute Gasteiger partial charge is 0.138 e. The number of aromatic nitrogens is 3. The highest BCUT2D eigenvalue weighted by Gasteiger charge is 2.19. The van der Waals surface area contributed by atoms with Gasteiger partial charge in [-0.05, 0) is 23.8 Å². The van der Waals surface area contributed by atoms with E-state index in [1.165, 1.54) is 0 Å². The van der Waals surface area contributed by atoms with Crippen LogP contribution in [-0.2, 0) is 6.54 Å². The summed E-state index contributed by atoms with van der Waals surface area (Å²) in [4.78, 5) is 0. The van der Waals surface area contributed by atoms with Crippen LogP contribution in [0.4, 0.5) is 0 Å². The van der Waals surface area contributed by atoms with Crippen molar-refractivity contribution in [2.24, 2.45) is 0 Å². The molecule has 0 saturated heterocycles. The number of fused-ring (bicyclic) bond motifs is 1. The molecule has 0 bridgehead atoms. The van der Waals surface area contributed by atoms with Gasteiger partial charge in [-0.2, -0.15) is 10.5 Å². The van der Waals surface area contributed by atoms with E-state index in [2.05, 4.69) is 22.3 Å². The maximum Gasteiger partial charge on any atom is 0.138 e. The van der Waals surface area contributed by atoms with Crippen molar-refractivity contribution in [3.05, 3.63) is 71.8 Å². The SMILES string of the molecule is N#Cc1ccc(Cn2cnnc2)c(C#N)c1-c1cc2ccccc2o1. The summed E-state index contributed by atoms with van der Waals surface area (Å²) in [5.74, 6) is 0.514. The zero-order valence-electron chi connectivity index (χ0n) is 13.0. The molecule has 2 aromatic carbocycles. The van der Waals surface area contributed by atoms with Crippen LogP contribution in [0, 0.1) is 22.7 Å². The van der Waals surface area contributed by atoms with Crippen molar-refractivity contribution < 1.29 is 4.42 Å². The third-order valence-electron chi connectivity index (χ3n) is 4.02. The molecule has 0 aliphatic heterocycles. The molecule has 0 N–H and O–H groups in total. The largest absolute Gasteiger partial charge is 0.456 e. The normalized spacial score (nSPS) is 10.5. The van der Waals surface area contributed by atoms with E-state index in [1.54, 1.807) is 29.4 Å². The molecule has 6 heteroatoms. The van der Waals surface area contributed by atoms with Crippen molar-refractivity contribution in [2.75, 3.05) is 0 Å². The highest BCUT2D eigenvalue weighted by molar-refractivity contribution is 5.86. The maximum atomic E-state index is 9.74. The summed E-state index contributed by atoms with van der Waals surface area (Å²) in [6.07, 6.45) is 3.17. The number of hydrogen-bond acceptors (Lipinski definition) is 5. The van der Waals surface area contributed by atoms with Gasteiger partial charge in [0.2, 0.25) is 0 Å². The highest BCUT2D eigenvalue weighted by Crippen LogP contribution is 2.34. The lowest BCUT2D eigenvalue weighted by Crippen LogP contribution is -2.02. The number of nitrogens with zero attached hydrogens (tertiary/aromatic N) is 5. The standard InChI is InChI=1S/C19H11N5O/c20-8-14-5-6-15(10-24-11-22-23-12-24)16(9-21)19(14)18-7-13-3-1-2-4-17(13)25-18/h1-7,11-12H,10H2. The van der Waals surface area contributed by atoms with E-state index in [9.17, 15) is 10.5 Å². The molecule has 4 rings (SSSR count). The summed E-state index contributed by atoms with van der Waals surface area (Å²) in [6, 6.07) is 17.3. The molecular weight excluding hydrogens is 314 g/mol. The average Bonchev–Trinajstić information content (AvgIpc) is 3.30. The lowest BCUT2D eigenvalue weighted by molar-refractivity contribution is 0.631. The van der Waals surface area contributed by atoms with Crippen LogP contribution in [0.1, 0.15) is 16.7 Å². The second-order valence-electron chi connectivity index (χ2n) is 5.53. The van der Waals surface area contributed by atoms with Crippen LogP contribution in [0.5, 0.6) is 0 Å². The summed E-state index contributed by atoms with van der Waals surface area (Å²) >= 11 is 0. The number of hydrogen-bond donors (Lipinski definition) is 0. The molecule has 0 aliphatic rings. The minimum atomic E-state index is 0.406. The Morgan fingerprint density at radius 3 is 2.52 bits per heavy atom. The first-order valence-corrected chi connectivity index (χ1v) is 7.57. The molecule has 0 atom stereocenters. The van der Waals surface area contributed by atoms with Crippen LogP contribution in [-0.4, -0.2) is 14.8 Å². The molecule has 0 saturated carbocycles. The Morgan fingerprint density at radius 1 is 1.00 bits per heavy atom. The van der Waals surface area contributed by atoms with Crippen LogP contribution in [0.2, 0.25) is 0 Å². The van der Waals surface area contributed by atoms with E-state index in [4.69, 9.17) is 4.42 Å². The summed E-state index contributed by atoms with van der Waals surface area (Å²) < 4.78 is 7.66. The molecule has 0 spiro atoms. The predicted molar refractivity (Wildman–Crippen MR) is 90.2 cm³/mol. The van der Waals surface area contributed by atoms with Gasteiger partial charge in [-0.1, -0.05) is 24.3 Å². The van der Waals surface area contributed by atoms with Crippen molar-refractivity contribution in [2.45, 2.75) is 6.54 Å². The van der Waals surface area contributed by atoms with Gasteiger partial charge in [0.15, 0.2) is 0 Å². The second-order valence-corrected chi connectivity index (χ2v) is 5.53. The molecule has 2 aromatic heterocycles. The van der Waals surface area contributed by atoms with Crippen molar-refractivity contribution in [1.82, 2.24) is 14.8 Å². The number of para-hydroxylation sites is 1. The van der Waals surface area contributed by atoms with Crippen LogP contribution in [0.3, 0.4) is 0 Å². The Kier molecular flexibility index (Phi) is 3.49. The average molecular weight is 325 g/mol. The monoisotopic (exact) mass is 325 g/mol. The first-order valence-electron chi connectivity index (χ1n) is 7.57. The molecule has 2 heterocycles. The van der Waals surface area contributed by atoms with Gasteiger partial charge in [0, 0.05) is 5.39 Å². The van der Waals surface area contributed by atoms with E-state index in [0.717, 1.165) is 16.5 Å². The number of nitriles is 2. The molecule has 25 heavy (non-hydrogen) atoms. The van der Waals surface area contributed by atoms with Crippen LogP contribution in [0.15, 0.2) is 59.5 Å². The Labute approximate surface area is 143 Å². The lowest BCUT2D eigenvalue weighted by atomic mass is 9.95. The Morgan fingerprint density at radius 2 is 1.80 bits per heavy atom. The molecule has 0 unspecified atom stereocenters. The Bertz CT molecular complexity index is 1110. The quantitative estimate of drug-likeness (QED) is 0.575. The van der Waals surface area contributed by atoms with Crippen molar-refractivity contribution >= 4 is 11.0 Å². The van der Waals surface area contributed by atoms with E-state index in [0.29, 0.717) is 29.0 Å². The van der Waals surface area contributed by atoms with Crippen LogP contribution < -0.4 is 0 Å². The van der Waals surface area contributed by atoms with Gasteiger partial charge in [-0.3, -0.25) is 0 Å². The maximum absolute atomic E-state index is 9.74. The highest BCUT2D eigenvalue weighted by atomic mass is 16.3. The van der Waals surface area contributed by atoms with E-state index < -0.39 is 0 Å². The van der Waals surface area contributed by atoms with Gasteiger partial charge in [0.1, 0.15) is 30.1 Å². The predicted octanol–water partition coefficient (Wildman–Crippen LogP) is 3.48. The molecule has 6 nitrogen and oxygen atoms in total. The molecule has 0 radical (unpaired) electrons. The van der Waals surface area contributed by atoms with Gasteiger partial charge in [-0.25, -0.2) is 0 Å². The van der Waals surface area contributed by atoms with Crippen molar-refractivity contribution in [3.63, 3.8) is 0 Å². The molecular formula is C19H11N5O.